The Labute approximate surface area is 256 Å². The van der Waals surface area contributed by atoms with E-state index in [4.69, 9.17) is 4.74 Å². The molecular weight excluding hydrogens is 514 g/mol. The summed E-state index contributed by atoms with van der Waals surface area (Å²) in [5.74, 6) is 3.10. The van der Waals surface area contributed by atoms with Crippen molar-refractivity contribution in [2.24, 2.45) is 51.2 Å². The molecule has 42 heavy (non-hydrogen) atoms. The molecule has 5 aliphatic rings. The highest BCUT2D eigenvalue weighted by Crippen LogP contribution is 2.76. The van der Waals surface area contributed by atoms with Gasteiger partial charge in [0.1, 0.15) is 0 Å². The molecule has 0 aromatic heterocycles. The molecule has 1 N–H and O–H groups in total. The maximum atomic E-state index is 13.0. The van der Waals surface area contributed by atoms with Gasteiger partial charge in [0.2, 0.25) is 0 Å². The van der Waals surface area contributed by atoms with E-state index in [-0.39, 0.29) is 16.9 Å². The molecule has 1 aromatic rings. The molecule has 1 saturated heterocycles. The van der Waals surface area contributed by atoms with Gasteiger partial charge in [-0.25, -0.2) is 4.79 Å². The van der Waals surface area contributed by atoms with Gasteiger partial charge >= 0.3 is 5.97 Å². The number of ether oxygens (including phenoxy) is 1. The van der Waals surface area contributed by atoms with Crippen LogP contribution in [0.5, 0.6) is 0 Å². The van der Waals surface area contributed by atoms with Crippen LogP contribution in [0, 0.1) is 51.2 Å². The summed E-state index contributed by atoms with van der Waals surface area (Å²) >= 11 is 0. The average molecular weight is 572 g/mol. The lowest BCUT2D eigenvalue weighted by Crippen LogP contribution is -2.66. The van der Waals surface area contributed by atoms with Crippen molar-refractivity contribution in [1.82, 2.24) is 5.32 Å². The average Bonchev–Trinajstić information content (AvgIpc) is 3.29. The third-order valence-corrected chi connectivity index (χ3v) is 14.6. The molecule has 0 radical (unpaired) electrons. The van der Waals surface area contributed by atoms with Gasteiger partial charge in [-0.05, 0) is 149 Å². The maximum absolute atomic E-state index is 13.0. The van der Waals surface area contributed by atoms with Gasteiger partial charge in [-0.3, -0.25) is 0 Å². The zero-order valence-electron chi connectivity index (χ0n) is 27.4. The molecule has 0 unspecified atom stereocenters. The molecule has 1 heterocycles. The third-order valence-electron chi connectivity index (χ3n) is 14.6. The van der Waals surface area contributed by atoms with Crippen LogP contribution in [-0.2, 0) is 9.53 Å². The van der Waals surface area contributed by atoms with Gasteiger partial charge in [0.05, 0.1) is 6.61 Å². The first-order chi connectivity index (χ1) is 19.9. The highest BCUT2D eigenvalue weighted by atomic mass is 16.5. The van der Waals surface area contributed by atoms with Crippen LogP contribution >= 0.6 is 0 Å². The number of allylic oxidation sites excluding steroid dienone is 1. The second kappa shape index (κ2) is 10.6. The van der Waals surface area contributed by atoms with Crippen molar-refractivity contribution in [3.05, 3.63) is 54.1 Å². The van der Waals surface area contributed by atoms with E-state index in [1.165, 1.54) is 63.4 Å². The van der Waals surface area contributed by atoms with Crippen LogP contribution in [0.3, 0.4) is 0 Å². The molecule has 3 heteroatoms. The Kier molecular flexibility index (Phi) is 7.64. The second-order valence-electron chi connectivity index (χ2n) is 16.7. The summed E-state index contributed by atoms with van der Waals surface area (Å²) in [6, 6.07) is 10.0. The zero-order valence-corrected chi connectivity index (χ0v) is 27.4. The van der Waals surface area contributed by atoms with E-state index >= 15 is 0 Å². The fourth-order valence-corrected chi connectivity index (χ4v) is 12.4. The van der Waals surface area contributed by atoms with Crippen molar-refractivity contribution in [2.45, 2.75) is 111 Å². The van der Waals surface area contributed by atoms with Gasteiger partial charge in [0, 0.05) is 17.0 Å². The Bertz CT molecular complexity index is 1220. The number of hydrogen-bond donors (Lipinski definition) is 1. The van der Waals surface area contributed by atoms with E-state index in [1.807, 2.05) is 36.4 Å². The number of carbonyl (C=O) groups excluding carboxylic acids is 1. The van der Waals surface area contributed by atoms with Crippen molar-refractivity contribution < 1.29 is 9.53 Å². The fourth-order valence-electron chi connectivity index (χ4n) is 12.4. The van der Waals surface area contributed by atoms with Crippen molar-refractivity contribution in [1.29, 1.82) is 0 Å². The summed E-state index contributed by atoms with van der Waals surface area (Å²) in [5.41, 5.74) is 3.74. The molecule has 0 bridgehead atoms. The van der Waals surface area contributed by atoms with E-state index in [1.54, 1.807) is 6.08 Å². The van der Waals surface area contributed by atoms with E-state index in [0.717, 1.165) is 30.4 Å². The summed E-state index contributed by atoms with van der Waals surface area (Å²) in [4.78, 5) is 13.0. The molecule has 5 fully saturated rings. The molecule has 0 amide bonds. The number of rotatable bonds is 5. The third kappa shape index (κ3) is 4.58. The van der Waals surface area contributed by atoms with E-state index in [0.29, 0.717) is 40.6 Å². The minimum absolute atomic E-state index is 0.0859. The number of carbonyl (C=O) groups is 1. The van der Waals surface area contributed by atoms with Crippen LogP contribution in [0.2, 0.25) is 0 Å². The Morgan fingerprint density at radius 1 is 0.929 bits per heavy atom. The SMILES string of the molecule is C=C(C)[C@@H]1CC[C@]2(COC(=O)/C=C/c3ccccc3)CC[C@]3(C)[C@H](CC[C@@H]4[C@@]5(C)CCCNC(C)(C)[C@@H]5CC[C@]43C)[C@@H]12. The van der Waals surface area contributed by atoms with Crippen molar-refractivity contribution >= 4 is 12.0 Å². The van der Waals surface area contributed by atoms with Gasteiger partial charge in [-0.1, -0.05) is 63.3 Å². The molecule has 1 aliphatic heterocycles. The van der Waals surface area contributed by atoms with Gasteiger partial charge in [-0.15, -0.1) is 0 Å². The first-order valence-corrected chi connectivity index (χ1v) is 17.2. The van der Waals surface area contributed by atoms with Crippen molar-refractivity contribution in [2.75, 3.05) is 13.2 Å². The molecule has 4 saturated carbocycles. The van der Waals surface area contributed by atoms with Crippen LogP contribution in [-0.4, -0.2) is 24.7 Å². The number of fused-ring (bicyclic) bond motifs is 7. The number of nitrogens with one attached hydrogen (secondary N) is 1. The van der Waals surface area contributed by atoms with Gasteiger partial charge < -0.3 is 10.1 Å². The lowest BCUT2D eigenvalue weighted by Gasteiger charge is -2.71. The largest absolute Gasteiger partial charge is 0.462 e. The smallest absolute Gasteiger partial charge is 0.330 e. The van der Waals surface area contributed by atoms with Crippen molar-refractivity contribution in [3.63, 3.8) is 0 Å². The van der Waals surface area contributed by atoms with Gasteiger partial charge in [-0.2, -0.15) is 0 Å². The number of esters is 1. The van der Waals surface area contributed by atoms with E-state index in [2.05, 4.69) is 53.4 Å². The second-order valence-corrected chi connectivity index (χ2v) is 16.7. The minimum atomic E-state index is -0.203. The summed E-state index contributed by atoms with van der Waals surface area (Å²) < 4.78 is 6.14. The van der Waals surface area contributed by atoms with Gasteiger partial charge in [0.25, 0.3) is 0 Å². The van der Waals surface area contributed by atoms with E-state index in [9.17, 15) is 4.79 Å². The number of hydrogen-bond acceptors (Lipinski definition) is 3. The highest BCUT2D eigenvalue weighted by molar-refractivity contribution is 5.87. The lowest BCUT2D eigenvalue weighted by molar-refractivity contribution is -0.227. The lowest BCUT2D eigenvalue weighted by atomic mass is 9.33. The standard InChI is InChI=1S/C39H57NO2/c1-27(2)29-18-22-39(26-42-33(41)17-14-28-12-9-8-10-13-28)24-23-37(6)30(34(29)39)15-16-32-36(5)20-11-25-40-35(3,4)31(36)19-21-38(32,37)7/h8-10,12-14,17,29-32,34,40H,1,11,15-16,18-26H2,2-7H3/b17-14+/t29-,30+,31-,32+,34+,36-,37+,38+,39+/m0/s1. The van der Waals surface area contributed by atoms with E-state index < -0.39 is 0 Å². The predicted octanol–water partition coefficient (Wildman–Crippen LogP) is 9.24. The van der Waals surface area contributed by atoms with Crippen LogP contribution in [0.25, 0.3) is 6.08 Å². The normalized spacial score (nSPS) is 44.3. The molecule has 0 spiro atoms. The van der Waals surface area contributed by atoms with Crippen molar-refractivity contribution in [3.8, 4) is 0 Å². The first-order valence-electron chi connectivity index (χ1n) is 17.2. The van der Waals surface area contributed by atoms with Crippen LogP contribution < -0.4 is 5.32 Å². The Balaban J connectivity index is 1.28. The monoisotopic (exact) mass is 571 g/mol. The minimum Gasteiger partial charge on any atom is -0.462 e. The molecule has 1 aromatic carbocycles. The summed E-state index contributed by atoms with van der Waals surface area (Å²) in [7, 11) is 0. The van der Waals surface area contributed by atoms with Crippen LogP contribution in [0.1, 0.15) is 111 Å². The Hall–Kier alpha value is -1.87. The molecule has 3 nitrogen and oxygen atoms in total. The number of benzene rings is 1. The molecule has 4 aliphatic carbocycles. The maximum Gasteiger partial charge on any atom is 0.330 e. The topological polar surface area (TPSA) is 38.3 Å². The van der Waals surface area contributed by atoms with Crippen LogP contribution in [0.15, 0.2) is 48.6 Å². The van der Waals surface area contributed by atoms with Gasteiger partial charge in [0.15, 0.2) is 0 Å². The molecule has 6 rings (SSSR count). The highest BCUT2D eigenvalue weighted by Gasteiger charge is 2.70. The zero-order chi connectivity index (χ0) is 30.0. The first kappa shape index (κ1) is 30.2. The summed E-state index contributed by atoms with van der Waals surface area (Å²) in [6.45, 7) is 21.6. The van der Waals surface area contributed by atoms with Crippen LogP contribution in [0.4, 0.5) is 0 Å². The molecule has 230 valence electrons. The molecule has 9 atom stereocenters. The predicted molar refractivity (Wildman–Crippen MR) is 174 cm³/mol. The quantitative estimate of drug-likeness (QED) is 0.217. The Morgan fingerprint density at radius 2 is 1.69 bits per heavy atom. The Morgan fingerprint density at radius 3 is 2.43 bits per heavy atom. The fraction of sp³-hybridized carbons (Fsp3) is 0.718. The summed E-state index contributed by atoms with van der Waals surface area (Å²) in [6.07, 6.45) is 16.4. The molecular formula is C39H57NO2. The summed E-state index contributed by atoms with van der Waals surface area (Å²) in [5, 5.41) is 3.96.